The summed E-state index contributed by atoms with van der Waals surface area (Å²) in [5, 5.41) is 10.0. The van der Waals surface area contributed by atoms with Gasteiger partial charge in [-0.15, -0.1) is 0 Å². The number of likely N-dealkylation sites (tertiary alicyclic amines) is 1. The Morgan fingerprint density at radius 1 is 1.27 bits per heavy atom. The van der Waals surface area contributed by atoms with Crippen molar-refractivity contribution in [3.8, 4) is 0 Å². The molecular formula is C18H24N2O2. The number of nitrogens with zero attached hydrogens (tertiary/aromatic N) is 1. The molecule has 0 aliphatic carbocycles. The van der Waals surface area contributed by atoms with Crippen molar-refractivity contribution >= 4 is 16.9 Å². The van der Waals surface area contributed by atoms with Crippen LogP contribution in [0.1, 0.15) is 50.3 Å². The predicted octanol–water partition coefficient (Wildman–Crippen LogP) is 3.95. The van der Waals surface area contributed by atoms with E-state index in [0.29, 0.717) is 6.04 Å². The van der Waals surface area contributed by atoms with E-state index in [4.69, 9.17) is 5.11 Å². The Balaban J connectivity index is 1.67. The van der Waals surface area contributed by atoms with Crippen LogP contribution >= 0.6 is 0 Å². The molecule has 1 aromatic carbocycles. The minimum Gasteiger partial charge on any atom is -0.481 e. The first-order valence-corrected chi connectivity index (χ1v) is 8.27. The molecule has 1 aromatic heterocycles. The summed E-state index contributed by atoms with van der Waals surface area (Å²) < 4.78 is 0. The Morgan fingerprint density at radius 3 is 2.95 bits per heavy atom. The average molecular weight is 300 g/mol. The van der Waals surface area contributed by atoms with Gasteiger partial charge in [-0.3, -0.25) is 9.69 Å². The summed E-state index contributed by atoms with van der Waals surface area (Å²) >= 11 is 0. The maximum atomic E-state index is 10.6. The maximum absolute atomic E-state index is 10.6. The SMILES string of the molecule is O=C(O)CCCCN1CCCC[C@@H]1c1cc2ccccc2[nH]1. The van der Waals surface area contributed by atoms with Gasteiger partial charge in [0.25, 0.3) is 0 Å². The van der Waals surface area contributed by atoms with Crippen LogP contribution in [0.3, 0.4) is 0 Å². The zero-order valence-corrected chi connectivity index (χ0v) is 12.9. The fourth-order valence-electron chi connectivity index (χ4n) is 3.48. The van der Waals surface area contributed by atoms with Gasteiger partial charge in [-0.1, -0.05) is 24.6 Å². The van der Waals surface area contributed by atoms with E-state index in [-0.39, 0.29) is 6.42 Å². The van der Waals surface area contributed by atoms with E-state index < -0.39 is 5.97 Å². The van der Waals surface area contributed by atoms with Gasteiger partial charge < -0.3 is 10.1 Å². The Morgan fingerprint density at radius 2 is 2.14 bits per heavy atom. The number of aliphatic carboxylic acids is 1. The monoisotopic (exact) mass is 300 g/mol. The second-order valence-electron chi connectivity index (χ2n) is 6.21. The predicted molar refractivity (Wildman–Crippen MR) is 88.0 cm³/mol. The fourth-order valence-corrected chi connectivity index (χ4v) is 3.48. The molecule has 3 rings (SSSR count). The van der Waals surface area contributed by atoms with Gasteiger partial charge in [0.05, 0.1) is 0 Å². The van der Waals surface area contributed by atoms with E-state index in [9.17, 15) is 4.79 Å². The van der Waals surface area contributed by atoms with Crippen molar-refractivity contribution in [2.75, 3.05) is 13.1 Å². The summed E-state index contributed by atoms with van der Waals surface area (Å²) in [4.78, 5) is 16.7. The molecule has 0 saturated carbocycles. The van der Waals surface area contributed by atoms with Gasteiger partial charge in [0.1, 0.15) is 0 Å². The average Bonchev–Trinajstić information content (AvgIpc) is 2.95. The lowest BCUT2D eigenvalue weighted by Gasteiger charge is -2.35. The number of H-pyrrole nitrogens is 1. The minimum atomic E-state index is -0.689. The highest BCUT2D eigenvalue weighted by Gasteiger charge is 2.24. The summed E-state index contributed by atoms with van der Waals surface area (Å²) in [5.41, 5.74) is 2.51. The second-order valence-corrected chi connectivity index (χ2v) is 6.21. The molecule has 2 aromatic rings. The van der Waals surface area contributed by atoms with Crippen molar-refractivity contribution in [2.24, 2.45) is 0 Å². The molecule has 0 amide bonds. The lowest BCUT2D eigenvalue weighted by atomic mass is 9.98. The normalized spacial score (nSPS) is 19.5. The number of aromatic amines is 1. The standard InChI is InChI=1S/C18H24N2O2/c21-18(22)10-4-6-12-20-11-5-3-9-17(20)16-13-14-7-1-2-8-15(14)19-16/h1-2,7-8,13,17,19H,3-6,9-12H2,(H,21,22)/t17-/m1/s1. The first-order chi connectivity index (χ1) is 10.7. The largest absolute Gasteiger partial charge is 0.481 e. The van der Waals surface area contributed by atoms with Crippen molar-refractivity contribution < 1.29 is 9.90 Å². The quantitative estimate of drug-likeness (QED) is 0.794. The van der Waals surface area contributed by atoms with Crippen LogP contribution in [0.2, 0.25) is 0 Å². The number of rotatable bonds is 6. The number of unbranched alkanes of at least 4 members (excludes halogenated alkanes) is 1. The molecule has 1 saturated heterocycles. The lowest BCUT2D eigenvalue weighted by Crippen LogP contribution is -2.34. The van der Waals surface area contributed by atoms with E-state index in [1.54, 1.807) is 0 Å². The van der Waals surface area contributed by atoms with Crippen molar-refractivity contribution in [1.29, 1.82) is 0 Å². The molecule has 1 aliphatic heterocycles. The van der Waals surface area contributed by atoms with Gasteiger partial charge in [0, 0.05) is 23.7 Å². The molecule has 0 radical (unpaired) electrons. The Labute approximate surface area is 131 Å². The van der Waals surface area contributed by atoms with E-state index in [0.717, 1.165) is 25.9 Å². The van der Waals surface area contributed by atoms with Gasteiger partial charge in [-0.2, -0.15) is 0 Å². The Bertz CT molecular complexity index is 602. The van der Waals surface area contributed by atoms with Crippen LogP contribution < -0.4 is 0 Å². The van der Waals surface area contributed by atoms with Crippen molar-refractivity contribution in [3.63, 3.8) is 0 Å². The van der Waals surface area contributed by atoms with Crippen molar-refractivity contribution in [1.82, 2.24) is 9.88 Å². The lowest BCUT2D eigenvalue weighted by molar-refractivity contribution is -0.137. The number of nitrogens with one attached hydrogen (secondary N) is 1. The molecule has 0 bridgehead atoms. The first-order valence-electron chi connectivity index (χ1n) is 8.27. The number of aromatic nitrogens is 1. The highest BCUT2D eigenvalue weighted by atomic mass is 16.4. The molecule has 1 atom stereocenters. The summed E-state index contributed by atoms with van der Waals surface area (Å²) in [6, 6.07) is 11.1. The molecule has 0 unspecified atom stereocenters. The van der Waals surface area contributed by atoms with Crippen molar-refractivity contribution in [2.45, 2.75) is 44.6 Å². The van der Waals surface area contributed by atoms with Crippen LogP contribution in [0, 0.1) is 0 Å². The number of carboxylic acids is 1. The molecule has 4 nitrogen and oxygen atoms in total. The van der Waals surface area contributed by atoms with Crippen molar-refractivity contribution in [3.05, 3.63) is 36.0 Å². The molecule has 4 heteroatoms. The van der Waals surface area contributed by atoms with E-state index >= 15 is 0 Å². The summed E-state index contributed by atoms with van der Waals surface area (Å²) in [7, 11) is 0. The highest BCUT2D eigenvalue weighted by molar-refractivity contribution is 5.80. The van der Waals surface area contributed by atoms with Crippen LogP contribution in [-0.2, 0) is 4.79 Å². The third-order valence-electron chi connectivity index (χ3n) is 4.61. The van der Waals surface area contributed by atoms with Crippen LogP contribution in [0.4, 0.5) is 0 Å². The zero-order valence-electron chi connectivity index (χ0n) is 12.9. The third-order valence-corrected chi connectivity index (χ3v) is 4.61. The van der Waals surface area contributed by atoms with E-state index in [2.05, 4.69) is 40.2 Å². The van der Waals surface area contributed by atoms with E-state index in [1.165, 1.54) is 35.9 Å². The molecule has 118 valence electrons. The van der Waals surface area contributed by atoms with Crippen LogP contribution in [0.25, 0.3) is 10.9 Å². The third kappa shape index (κ3) is 3.50. The van der Waals surface area contributed by atoms with Gasteiger partial charge in [0.2, 0.25) is 0 Å². The maximum Gasteiger partial charge on any atom is 0.303 e. The number of fused-ring (bicyclic) bond motifs is 1. The summed E-state index contributed by atoms with van der Waals surface area (Å²) in [6.07, 6.45) is 5.71. The molecule has 2 N–H and O–H groups in total. The summed E-state index contributed by atoms with van der Waals surface area (Å²) in [5.74, 6) is -0.689. The second kappa shape index (κ2) is 6.97. The van der Waals surface area contributed by atoms with Gasteiger partial charge >= 0.3 is 5.97 Å². The van der Waals surface area contributed by atoms with Crippen LogP contribution in [-0.4, -0.2) is 34.0 Å². The number of hydrogen-bond acceptors (Lipinski definition) is 2. The van der Waals surface area contributed by atoms with Gasteiger partial charge in [0.15, 0.2) is 0 Å². The number of carbonyl (C=O) groups is 1. The Kier molecular flexibility index (Phi) is 4.78. The first kappa shape index (κ1) is 15.1. The molecule has 1 fully saturated rings. The highest BCUT2D eigenvalue weighted by Crippen LogP contribution is 2.32. The fraction of sp³-hybridized carbons (Fsp3) is 0.500. The molecule has 2 heterocycles. The van der Waals surface area contributed by atoms with Gasteiger partial charge in [-0.05, 0) is 56.3 Å². The van der Waals surface area contributed by atoms with Gasteiger partial charge in [-0.25, -0.2) is 0 Å². The topological polar surface area (TPSA) is 56.3 Å². The Hall–Kier alpha value is -1.81. The molecular weight excluding hydrogens is 276 g/mol. The number of carboxylic acid groups (broad SMARTS) is 1. The number of hydrogen-bond donors (Lipinski definition) is 2. The molecule has 1 aliphatic rings. The number of piperidine rings is 1. The van der Waals surface area contributed by atoms with Crippen LogP contribution in [0.15, 0.2) is 30.3 Å². The number of benzene rings is 1. The zero-order chi connectivity index (χ0) is 15.4. The summed E-state index contributed by atoms with van der Waals surface area (Å²) in [6.45, 7) is 2.11. The molecule has 0 spiro atoms. The smallest absolute Gasteiger partial charge is 0.303 e. The van der Waals surface area contributed by atoms with E-state index in [1.807, 2.05) is 0 Å². The van der Waals surface area contributed by atoms with Crippen LogP contribution in [0.5, 0.6) is 0 Å². The number of para-hydroxylation sites is 1. The minimum absolute atomic E-state index is 0.283. The molecule has 22 heavy (non-hydrogen) atoms.